The molecule has 2 aliphatic rings. The van der Waals surface area contributed by atoms with E-state index in [1.165, 1.54) is 32.1 Å². The lowest BCUT2D eigenvalue weighted by Gasteiger charge is -2.33. The maximum atomic E-state index is 12.1. The normalized spacial score (nSPS) is 21.4. The first-order chi connectivity index (χ1) is 12.6. The molecule has 0 spiro atoms. The quantitative estimate of drug-likeness (QED) is 0.822. The second-order valence-electron chi connectivity index (χ2n) is 7.84. The number of primary amides is 1. The third-order valence-electron chi connectivity index (χ3n) is 5.81. The molecular weight excluding hydrogens is 326 g/mol. The molecule has 0 aromatic heterocycles. The maximum Gasteiger partial charge on any atom is 0.222 e. The van der Waals surface area contributed by atoms with Crippen molar-refractivity contribution in [1.82, 2.24) is 5.32 Å². The third kappa shape index (κ3) is 5.23. The number of piperidine rings is 1. The highest BCUT2D eigenvalue weighted by Gasteiger charge is 2.24. The van der Waals surface area contributed by atoms with Gasteiger partial charge < -0.3 is 16.0 Å². The van der Waals surface area contributed by atoms with Crippen LogP contribution in [0.3, 0.4) is 0 Å². The number of hydrogen-bond donors (Lipinski definition) is 2. The van der Waals surface area contributed by atoms with Crippen molar-refractivity contribution in [3.8, 4) is 0 Å². The lowest BCUT2D eigenvalue weighted by molar-refractivity contribution is -0.123. The Hall–Kier alpha value is -2.04. The van der Waals surface area contributed by atoms with Crippen LogP contribution in [-0.2, 0) is 16.1 Å². The minimum Gasteiger partial charge on any atom is -0.371 e. The summed E-state index contributed by atoms with van der Waals surface area (Å²) in [7, 11) is 0. The summed E-state index contributed by atoms with van der Waals surface area (Å²) in [5.41, 5.74) is 7.69. The molecule has 26 heavy (non-hydrogen) atoms. The molecule has 5 heteroatoms. The Morgan fingerprint density at radius 2 is 1.77 bits per heavy atom. The first-order valence-corrected chi connectivity index (χ1v) is 10.0. The second-order valence-corrected chi connectivity index (χ2v) is 7.84. The highest BCUT2D eigenvalue weighted by Crippen LogP contribution is 2.26. The van der Waals surface area contributed by atoms with Gasteiger partial charge in [-0.2, -0.15) is 0 Å². The van der Waals surface area contributed by atoms with E-state index in [1.807, 2.05) is 0 Å². The third-order valence-corrected chi connectivity index (χ3v) is 5.81. The molecule has 2 amide bonds. The molecule has 0 radical (unpaired) electrons. The summed E-state index contributed by atoms with van der Waals surface area (Å²) < 4.78 is 0. The van der Waals surface area contributed by atoms with Gasteiger partial charge in [0.15, 0.2) is 0 Å². The average molecular weight is 357 g/mol. The minimum atomic E-state index is -0.202. The van der Waals surface area contributed by atoms with E-state index in [-0.39, 0.29) is 17.7 Å². The topological polar surface area (TPSA) is 75.4 Å². The Morgan fingerprint density at radius 3 is 2.46 bits per heavy atom. The predicted octanol–water partition coefficient (Wildman–Crippen LogP) is 2.97. The van der Waals surface area contributed by atoms with Gasteiger partial charge in [-0.15, -0.1) is 0 Å². The summed E-state index contributed by atoms with van der Waals surface area (Å²) >= 11 is 0. The number of carbonyl (C=O) groups excluding carboxylic acids is 2. The van der Waals surface area contributed by atoms with Gasteiger partial charge in [-0.1, -0.05) is 31.4 Å². The van der Waals surface area contributed by atoms with Crippen LogP contribution < -0.4 is 16.0 Å². The molecule has 1 aliphatic heterocycles. The molecule has 0 bridgehead atoms. The van der Waals surface area contributed by atoms with Crippen LogP contribution in [0.25, 0.3) is 0 Å². The van der Waals surface area contributed by atoms with Crippen molar-refractivity contribution in [2.45, 2.75) is 57.9 Å². The second kappa shape index (κ2) is 9.06. The van der Waals surface area contributed by atoms with Crippen molar-refractivity contribution in [1.29, 1.82) is 0 Å². The van der Waals surface area contributed by atoms with E-state index in [2.05, 4.69) is 34.5 Å². The Morgan fingerprint density at radius 1 is 1.04 bits per heavy atom. The molecule has 1 aliphatic carbocycles. The number of amides is 2. The molecular formula is C21H31N3O2. The number of nitrogens with one attached hydrogen (secondary N) is 1. The van der Waals surface area contributed by atoms with E-state index in [4.69, 9.17) is 5.73 Å². The van der Waals surface area contributed by atoms with Crippen molar-refractivity contribution < 1.29 is 9.59 Å². The molecule has 1 aromatic rings. The highest BCUT2D eigenvalue weighted by molar-refractivity contribution is 5.77. The molecule has 2 fully saturated rings. The van der Waals surface area contributed by atoms with Gasteiger partial charge in [0.2, 0.25) is 11.8 Å². The number of nitrogens with zero attached hydrogens (tertiary/aromatic N) is 1. The van der Waals surface area contributed by atoms with Crippen molar-refractivity contribution in [3.63, 3.8) is 0 Å². The van der Waals surface area contributed by atoms with Gasteiger partial charge in [0.25, 0.3) is 0 Å². The molecule has 1 heterocycles. The Labute approximate surface area is 156 Å². The van der Waals surface area contributed by atoms with Crippen molar-refractivity contribution >= 4 is 17.5 Å². The van der Waals surface area contributed by atoms with Crippen LogP contribution in [0, 0.1) is 11.8 Å². The Balaban J connectivity index is 1.46. The predicted molar refractivity (Wildman–Crippen MR) is 104 cm³/mol. The molecule has 1 unspecified atom stereocenters. The van der Waals surface area contributed by atoms with E-state index in [1.54, 1.807) is 0 Å². The van der Waals surface area contributed by atoms with Gasteiger partial charge in [0.05, 0.1) is 5.92 Å². The van der Waals surface area contributed by atoms with Crippen LogP contribution in [0.4, 0.5) is 5.69 Å². The maximum absolute atomic E-state index is 12.1. The van der Waals surface area contributed by atoms with E-state index < -0.39 is 0 Å². The molecule has 1 aromatic carbocycles. The number of hydrogen-bond acceptors (Lipinski definition) is 3. The summed E-state index contributed by atoms with van der Waals surface area (Å²) in [5.74, 6) is 0.485. The summed E-state index contributed by atoms with van der Waals surface area (Å²) in [5, 5.41) is 3.05. The van der Waals surface area contributed by atoms with Gasteiger partial charge in [-0.25, -0.2) is 0 Å². The summed E-state index contributed by atoms with van der Waals surface area (Å²) in [4.78, 5) is 25.8. The smallest absolute Gasteiger partial charge is 0.222 e. The van der Waals surface area contributed by atoms with Gasteiger partial charge in [0, 0.05) is 31.7 Å². The van der Waals surface area contributed by atoms with Gasteiger partial charge in [-0.3, -0.25) is 9.59 Å². The van der Waals surface area contributed by atoms with Crippen LogP contribution in [-0.4, -0.2) is 24.9 Å². The first kappa shape index (κ1) is 18.7. The van der Waals surface area contributed by atoms with E-state index in [0.29, 0.717) is 25.4 Å². The largest absolute Gasteiger partial charge is 0.371 e. The fourth-order valence-corrected chi connectivity index (χ4v) is 4.19. The monoisotopic (exact) mass is 357 g/mol. The zero-order valence-electron chi connectivity index (χ0n) is 15.6. The molecule has 1 saturated carbocycles. The van der Waals surface area contributed by atoms with Crippen LogP contribution >= 0.6 is 0 Å². The van der Waals surface area contributed by atoms with Crippen molar-refractivity contribution in [2.75, 3.05) is 18.0 Å². The lowest BCUT2D eigenvalue weighted by atomic mass is 9.87. The first-order valence-electron chi connectivity index (χ1n) is 10.0. The van der Waals surface area contributed by atoms with E-state index in [9.17, 15) is 9.59 Å². The Kier molecular flexibility index (Phi) is 6.53. The highest BCUT2D eigenvalue weighted by atomic mass is 16.2. The average Bonchev–Trinajstić information content (AvgIpc) is 2.68. The fourth-order valence-electron chi connectivity index (χ4n) is 4.19. The van der Waals surface area contributed by atoms with Gasteiger partial charge >= 0.3 is 0 Å². The number of anilines is 1. The fraction of sp³-hybridized carbons (Fsp3) is 0.619. The molecule has 3 rings (SSSR count). The molecule has 3 N–H and O–H groups in total. The number of benzene rings is 1. The SMILES string of the molecule is NC(=O)C1CCCN(c2ccc(CNC(=O)CC3CCCCC3)cc2)C1. The zero-order chi connectivity index (χ0) is 18.4. The van der Waals surface area contributed by atoms with Gasteiger partial charge in [0.1, 0.15) is 0 Å². The number of carbonyl (C=O) groups is 2. The standard InChI is InChI=1S/C21H31N3O2/c22-21(26)18-7-4-12-24(15-18)19-10-8-17(9-11-19)14-23-20(25)13-16-5-2-1-3-6-16/h8-11,16,18H,1-7,12-15H2,(H2,22,26)(H,23,25). The zero-order valence-corrected chi connectivity index (χ0v) is 15.6. The van der Waals surface area contributed by atoms with E-state index >= 15 is 0 Å². The van der Waals surface area contributed by atoms with Crippen LogP contribution in [0.15, 0.2) is 24.3 Å². The van der Waals surface area contributed by atoms with Gasteiger partial charge in [-0.05, 0) is 49.3 Å². The molecule has 142 valence electrons. The molecule has 1 atom stereocenters. The van der Waals surface area contributed by atoms with E-state index in [0.717, 1.165) is 30.6 Å². The number of nitrogens with two attached hydrogens (primary N) is 1. The summed E-state index contributed by atoms with van der Waals surface area (Å²) in [6, 6.07) is 8.27. The Bertz CT molecular complexity index is 608. The lowest BCUT2D eigenvalue weighted by Crippen LogP contribution is -2.41. The van der Waals surface area contributed by atoms with Crippen LogP contribution in [0.2, 0.25) is 0 Å². The molecule has 1 saturated heterocycles. The number of rotatable bonds is 6. The van der Waals surface area contributed by atoms with Crippen molar-refractivity contribution in [3.05, 3.63) is 29.8 Å². The summed E-state index contributed by atoms with van der Waals surface area (Å²) in [6.07, 6.45) is 8.80. The van der Waals surface area contributed by atoms with Crippen molar-refractivity contribution in [2.24, 2.45) is 17.6 Å². The van der Waals surface area contributed by atoms with Crippen LogP contribution in [0.1, 0.15) is 56.9 Å². The minimum absolute atomic E-state index is 0.0532. The van der Waals surface area contributed by atoms with Crippen LogP contribution in [0.5, 0.6) is 0 Å². The summed E-state index contributed by atoms with van der Waals surface area (Å²) in [6.45, 7) is 2.24. The molecule has 5 nitrogen and oxygen atoms in total.